The third-order valence-corrected chi connectivity index (χ3v) is 6.49. The van der Waals surface area contributed by atoms with E-state index in [9.17, 15) is 29.4 Å². The van der Waals surface area contributed by atoms with Crippen LogP contribution in [-0.4, -0.2) is 82.9 Å². The lowest BCUT2D eigenvalue weighted by molar-refractivity contribution is -0.155. The molecule has 4 rings (SSSR count). The number of imidazole rings is 1. The van der Waals surface area contributed by atoms with Crippen molar-refractivity contribution in [1.29, 1.82) is 0 Å². The Hall–Kier alpha value is -2.97. The van der Waals surface area contributed by atoms with Crippen molar-refractivity contribution in [2.24, 2.45) is 0 Å². The second-order valence-corrected chi connectivity index (χ2v) is 9.73. The molecular weight excluding hydrogens is 497 g/mol. The van der Waals surface area contributed by atoms with Crippen LogP contribution >= 0.6 is 7.60 Å². The second-order valence-electron chi connectivity index (χ2n) is 8.08. The zero-order valence-corrected chi connectivity index (χ0v) is 20.0. The first-order chi connectivity index (χ1) is 17.1. The van der Waals surface area contributed by atoms with Gasteiger partial charge < -0.3 is 39.9 Å². The molecule has 0 spiro atoms. The molecule has 1 fully saturated rings. The van der Waals surface area contributed by atoms with Crippen LogP contribution in [0.1, 0.15) is 24.5 Å². The van der Waals surface area contributed by atoms with Crippen molar-refractivity contribution >= 4 is 30.5 Å². The fraction of sp³-hybridized carbons (Fsp3) is 0.429. The first-order valence-corrected chi connectivity index (χ1v) is 12.7. The average molecular weight is 523 g/mol. The van der Waals surface area contributed by atoms with E-state index < -0.39 is 50.6 Å². The molecule has 6 N–H and O–H groups in total. The molecule has 2 aromatic heterocycles. The summed E-state index contributed by atoms with van der Waals surface area (Å²) in [6.07, 6.45) is -3.72. The number of carbonyl (C=O) groups is 1. The molecule has 0 bridgehead atoms. The maximum absolute atomic E-state index is 11.9. The van der Waals surface area contributed by atoms with Gasteiger partial charge in [0.2, 0.25) is 0 Å². The molecule has 0 radical (unpaired) electrons. The highest BCUT2D eigenvalue weighted by atomic mass is 31.2. The summed E-state index contributed by atoms with van der Waals surface area (Å²) in [5.74, 6) is -2.93. The molecule has 1 saturated heterocycles. The molecule has 0 aliphatic carbocycles. The van der Waals surface area contributed by atoms with E-state index in [0.29, 0.717) is 12.2 Å². The maximum Gasteiger partial charge on any atom is 0.365 e. The number of esters is 1. The predicted octanol–water partition coefficient (Wildman–Crippen LogP) is -0.298. The van der Waals surface area contributed by atoms with Gasteiger partial charge in [0.15, 0.2) is 17.7 Å². The number of aromatic nitrogens is 4. The smallest absolute Gasteiger partial charge is 0.365 e. The van der Waals surface area contributed by atoms with E-state index in [1.165, 1.54) is 17.8 Å². The van der Waals surface area contributed by atoms with Gasteiger partial charge in [0.1, 0.15) is 29.7 Å². The van der Waals surface area contributed by atoms with Crippen LogP contribution in [0.25, 0.3) is 11.2 Å². The third kappa shape index (κ3) is 5.39. The molecule has 1 aliphatic heterocycles. The Balaban J connectivity index is 1.55. The predicted molar refractivity (Wildman–Crippen MR) is 123 cm³/mol. The lowest BCUT2D eigenvalue weighted by Crippen LogP contribution is -2.36. The molecule has 0 amide bonds. The summed E-state index contributed by atoms with van der Waals surface area (Å²) < 4.78 is 28.5. The lowest BCUT2D eigenvalue weighted by Gasteiger charge is -2.20. The summed E-state index contributed by atoms with van der Waals surface area (Å²) in [7, 11) is -5.03. The maximum atomic E-state index is 11.9. The highest BCUT2D eigenvalue weighted by molar-refractivity contribution is 7.53. The Kier molecular flexibility index (Phi) is 7.66. The molecule has 1 aliphatic rings. The molecule has 5 atom stereocenters. The first-order valence-electron chi connectivity index (χ1n) is 11.0. The van der Waals surface area contributed by atoms with Crippen LogP contribution in [-0.2, 0) is 30.0 Å². The molecular formula is C21H26N5O9P. The number of hydrogen-bond donors (Lipinski definition) is 5. The minimum Gasteiger partial charge on any atom is -0.464 e. The van der Waals surface area contributed by atoms with Crippen molar-refractivity contribution in [3.63, 3.8) is 0 Å². The van der Waals surface area contributed by atoms with Crippen molar-refractivity contribution < 1.29 is 43.6 Å². The SMILES string of the molecule is CCOC(=O)[C@@H](OC[C@H]1O[C@@H](n2cnc3c(N)nc(Cc4ccccc4)nc32)[C@H](O)[C@H]1O)P(=O)(O)O. The zero-order valence-electron chi connectivity index (χ0n) is 19.1. The Morgan fingerprint density at radius 2 is 1.94 bits per heavy atom. The number of aliphatic hydroxyl groups is 2. The second kappa shape index (κ2) is 10.6. The van der Waals surface area contributed by atoms with E-state index in [-0.39, 0.29) is 23.6 Å². The fourth-order valence-electron chi connectivity index (χ4n) is 3.83. The van der Waals surface area contributed by atoms with E-state index in [0.717, 1.165) is 5.56 Å². The van der Waals surface area contributed by atoms with Crippen LogP contribution in [0, 0.1) is 0 Å². The largest absolute Gasteiger partial charge is 0.464 e. The number of benzene rings is 1. The van der Waals surface area contributed by atoms with Gasteiger partial charge >= 0.3 is 13.6 Å². The van der Waals surface area contributed by atoms with Gasteiger partial charge in [-0.2, -0.15) is 0 Å². The standard InChI is InChI=1S/C21H26N5O9P/c1-2-33-20(29)21(36(30,31)32)34-9-12-15(27)16(28)19(35-12)26-10-23-14-17(22)24-13(25-18(14)26)8-11-6-4-3-5-7-11/h3-7,10,12,15-16,19,21,27-28H,2,8-9H2,1H3,(H2,22,24,25)(H2,30,31,32)/t12-,15+,16-,19-,21+/m1/s1. The van der Waals surface area contributed by atoms with Gasteiger partial charge in [-0.3, -0.25) is 9.13 Å². The van der Waals surface area contributed by atoms with Crippen LogP contribution in [0.3, 0.4) is 0 Å². The van der Waals surface area contributed by atoms with Crippen molar-refractivity contribution in [1.82, 2.24) is 19.5 Å². The lowest BCUT2D eigenvalue weighted by atomic mass is 10.1. The Morgan fingerprint density at radius 3 is 2.61 bits per heavy atom. The van der Waals surface area contributed by atoms with Crippen molar-refractivity contribution in [3.8, 4) is 0 Å². The van der Waals surface area contributed by atoms with E-state index in [4.69, 9.17) is 15.2 Å². The number of ether oxygens (including phenoxy) is 3. The monoisotopic (exact) mass is 523 g/mol. The van der Waals surface area contributed by atoms with E-state index in [1.54, 1.807) is 0 Å². The van der Waals surface area contributed by atoms with Crippen molar-refractivity contribution in [3.05, 3.63) is 48.0 Å². The minimum absolute atomic E-state index is 0.118. The summed E-state index contributed by atoms with van der Waals surface area (Å²) >= 11 is 0. The zero-order chi connectivity index (χ0) is 26.0. The fourth-order valence-corrected chi connectivity index (χ4v) is 4.46. The number of hydrogen-bond acceptors (Lipinski definition) is 11. The van der Waals surface area contributed by atoms with Gasteiger partial charge in [-0.05, 0) is 12.5 Å². The number of fused-ring (bicyclic) bond motifs is 1. The number of nitrogens with zero attached hydrogens (tertiary/aromatic N) is 4. The summed E-state index contributed by atoms with van der Waals surface area (Å²) in [4.78, 5) is 43.8. The van der Waals surface area contributed by atoms with E-state index in [1.807, 2.05) is 30.3 Å². The topological polar surface area (TPSA) is 212 Å². The average Bonchev–Trinajstić information content (AvgIpc) is 3.35. The number of nitrogen functional groups attached to an aromatic ring is 1. The van der Waals surface area contributed by atoms with Crippen LogP contribution < -0.4 is 5.73 Å². The van der Waals surface area contributed by atoms with E-state index in [2.05, 4.69) is 19.7 Å². The molecule has 3 aromatic rings. The molecule has 0 saturated carbocycles. The molecule has 194 valence electrons. The van der Waals surface area contributed by atoms with E-state index >= 15 is 0 Å². The summed E-state index contributed by atoms with van der Waals surface area (Å²) in [6, 6.07) is 9.47. The number of rotatable bonds is 9. The summed E-state index contributed by atoms with van der Waals surface area (Å²) in [5.41, 5.74) is 7.54. The van der Waals surface area contributed by atoms with Crippen LogP contribution in [0.2, 0.25) is 0 Å². The Labute approximate surface area is 204 Å². The quantitative estimate of drug-likeness (QED) is 0.180. The number of nitrogens with two attached hydrogens (primary N) is 1. The molecule has 36 heavy (non-hydrogen) atoms. The normalized spacial score (nSPS) is 23.1. The van der Waals surface area contributed by atoms with Gasteiger partial charge in [-0.1, -0.05) is 30.3 Å². The first kappa shape index (κ1) is 26.1. The minimum atomic E-state index is -5.03. The Morgan fingerprint density at radius 1 is 1.22 bits per heavy atom. The van der Waals surface area contributed by atoms with Gasteiger partial charge in [-0.25, -0.2) is 19.7 Å². The van der Waals surface area contributed by atoms with Gasteiger partial charge in [0, 0.05) is 6.42 Å². The van der Waals surface area contributed by atoms with Gasteiger partial charge in [-0.15, -0.1) is 0 Å². The Bertz CT molecular complexity index is 1270. The highest BCUT2D eigenvalue weighted by Crippen LogP contribution is 2.43. The van der Waals surface area contributed by atoms with Crippen molar-refractivity contribution in [2.75, 3.05) is 18.9 Å². The molecule has 0 unspecified atom stereocenters. The molecule has 3 heterocycles. The number of aliphatic hydroxyl groups excluding tert-OH is 2. The van der Waals surface area contributed by atoms with Gasteiger partial charge in [0.05, 0.1) is 19.5 Å². The number of carbonyl (C=O) groups excluding carboxylic acids is 1. The summed E-state index contributed by atoms with van der Waals surface area (Å²) in [5, 5.41) is 21.2. The van der Waals surface area contributed by atoms with Crippen LogP contribution in [0.4, 0.5) is 5.82 Å². The number of anilines is 1. The van der Waals surface area contributed by atoms with Gasteiger partial charge in [0.25, 0.3) is 5.85 Å². The van der Waals surface area contributed by atoms with Crippen LogP contribution in [0.5, 0.6) is 0 Å². The summed E-state index contributed by atoms with van der Waals surface area (Å²) in [6.45, 7) is 0.732. The van der Waals surface area contributed by atoms with Crippen molar-refractivity contribution in [2.45, 2.75) is 43.7 Å². The third-order valence-electron chi connectivity index (χ3n) is 5.52. The molecule has 1 aromatic carbocycles. The molecule has 14 nitrogen and oxygen atoms in total. The molecule has 15 heteroatoms. The van der Waals surface area contributed by atoms with Crippen LogP contribution in [0.15, 0.2) is 36.7 Å². The highest BCUT2D eigenvalue weighted by Gasteiger charge is 2.46.